The number of nitrogens with zero attached hydrogens (tertiary/aromatic N) is 2. The van der Waals surface area contributed by atoms with Gasteiger partial charge in [0.05, 0.1) is 18.2 Å². The molecule has 1 amide bonds. The summed E-state index contributed by atoms with van der Waals surface area (Å²) in [6, 6.07) is 7.56. The summed E-state index contributed by atoms with van der Waals surface area (Å²) in [4.78, 5) is 14.6. The zero-order valence-corrected chi connectivity index (χ0v) is 13.6. The minimum atomic E-state index is 0.0814. The summed E-state index contributed by atoms with van der Waals surface area (Å²) in [7, 11) is 0. The molecule has 1 fully saturated rings. The third kappa shape index (κ3) is 2.88. The number of carbonyl (C=O) groups excluding carboxylic acids is 1. The molecular formula is C17H19ClN2O2. The zero-order chi connectivity index (χ0) is 15.7. The molecule has 5 heteroatoms. The van der Waals surface area contributed by atoms with Gasteiger partial charge in [0.2, 0.25) is 5.91 Å². The summed E-state index contributed by atoms with van der Waals surface area (Å²) in [5.74, 6) is 0.940. The molecule has 1 aliphatic rings. The average Bonchev–Trinajstić information content (AvgIpc) is 3.05. The molecule has 116 valence electrons. The lowest BCUT2D eigenvalue weighted by Gasteiger charge is -2.25. The smallest absolute Gasteiger partial charge is 0.227 e. The molecular weight excluding hydrogens is 300 g/mol. The molecule has 2 aromatic rings. The Balaban J connectivity index is 1.80. The van der Waals surface area contributed by atoms with Gasteiger partial charge in [-0.3, -0.25) is 4.79 Å². The van der Waals surface area contributed by atoms with E-state index in [1.807, 2.05) is 43.0 Å². The van der Waals surface area contributed by atoms with Gasteiger partial charge in [0.1, 0.15) is 5.76 Å². The second-order valence-electron chi connectivity index (χ2n) is 5.79. The molecule has 1 aromatic carbocycles. The quantitative estimate of drug-likeness (QED) is 0.863. The van der Waals surface area contributed by atoms with Crippen molar-refractivity contribution in [2.45, 2.75) is 39.2 Å². The van der Waals surface area contributed by atoms with Crippen LogP contribution >= 0.6 is 11.6 Å². The van der Waals surface area contributed by atoms with Gasteiger partial charge in [-0.1, -0.05) is 28.9 Å². The highest BCUT2D eigenvalue weighted by atomic mass is 35.5. The van der Waals surface area contributed by atoms with Crippen LogP contribution in [0.25, 0.3) is 0 Å². The lowest BCUT2D eigenvalue weighted by Crippen LogP contribution is -2.32. The number of carbonyl (C=O) groups is 1. The predicted octanol–water partition coefficient (Wildman–Crippen LogP) is 3.85. The Labute approximate surface area is 135 Å². The van der Waals surface area contributed by atoms with E-state index in [2.05, 4.69) is 5.16 Å². The molecule has 0 aliphatic carbocycles. The normalized spacial score (nSPS) is 18.0. The summed E-state index contributed by atoms with van der Waals surface area (Å²) in [5.41, 5.74) is 2.89. The third-order valence-corrected chi connectivity index (χ3v) is 4.47. The lowest BCUT2D eigenvalue weighted by molar-refractivity contribution is -0.131. The van der Waals surface area contributed by atoms with Crippen LogP contribution in [0.15, 0.2) is 28.8 Å². The minimum Gasteiger partial charge on any atom is -0.361 e. The van der Waals surface area contributed by atoms with Crippen molar-refractivity contribution in [2.75, 3.05) is 6.54 Å². The summed E-state index contributed by atoms with van der Waals surface area (Å²) < 4.78 is 5.26. The molecule has 1 atom stereocenters. The van der Waals surface area contributed by atoms with Crippen molar-refractivity contribution in [1.82, 2.24) is 10.1 Å². The van der Waals surface area contributed by atoms with Crippen LogP contribution in [0.4, 0.5) is 0 Å². The Hall–Kier alpha value is -1.81. The van der Waals surface area contributed by atoms with Crippen LogP contribution in [-0.2, 0) is 11.2 Å². The first kappa shape index (κ1) is 15.1. The SMILES string of the molecule is Cc1noc(C)c1[C@H]1CCCN1C(=O)Cc1cccc(Cl)c1. The summed E-state index contributed by atoms with van der Waals surface area (Å²) >= 11 is 5.99. The molecule has 22 heavy (non-hydrogen) atoms. The minimum absolute atomic E-state index is 0.0814. The van der Waals surface area contributed by atoms with Crippen molar-refractivity contribution in [1.29, 1.82) is 0 Å². The Morgan fingerprint density at radius 1 is 1.45 bits per heavy atom. The topological polar surface area (TPSA) is 46.3 Å². The molecule has 1 aromatic heterocycles. The van der Waals surface area contributed by atoms with E-state index in [9.17, 15) is 4.79 Å². The van der Waals surface area contributed by atoms with Crippen molar-refractivity contribution in [3.8, 4) is 0 Å². The average molecular weight is 319 g/mol. The Kier molecular flexibility index (Phi) is 4.21. The second kappa shape index (κ2) is 6.13. The van der Waals surface area contributed by atoms with Crippen molar-refractivity contribution < 1.29 is 9.32 Å². The van der Waals surface area contributed by atoms with E-state index in [0.29, 0.717) is 11.4 Å². The number of halogens is 1. The maximum atomic E-state index is 12.7. The van der Waals surface area contributed by atoms with E-state index >= 15 is 0 Å². The van der Waals surface area contributed by atoms with Gasteiger partial charge in [-0.2, -0.15) is 0 Å². The van der Waals surface area contributed by atoms with Crippen LogP contribution in [0, 0.1) is 13.8 Å². The van der Waals surface area contributed by atoms with E-state index in [4.69, 9.17) is 16.1 Å². The van der Waals surface area contributed by atoms with Crippen LogP contribution in [0.1, 0.15) is 41.5 Å². The van der Waals surface area contributed by atoms with E-state index in [-0.39, 0.29) is 11.9 Å². The van der Waals surface area contributed by atoms with Crippen molar-refractivity contribution in [3.63, 3.8) is 0 Å². The predicted molar refractivity (Wildman–Crippen MR) is 84.8 cm³/mol. The van der Waals surface area contributed by atoms with E-state index in [0.717, 1.165) is 42.0 Å². The van der Waals surface area contributed by atoms with Gasteiger partial charge in [0.15, 0.2) is 0 Å². The number of hydrogen-bond acceptors (Lipinski definition) is 3. The van der Waals surface area contributed by atoms with Gasteiger partial charge in [-0.15, -0.1) is 0 Å². The van der Waals surface area contributed by atoms with Crippen LogP contribution in [0.2, 0.25) is 5.02 Å². The first-order chi connectivity index (χ1) is 10.6. The first-order valence-electron chi connectivity index (χ1n) is 7.53. The number of amides is 1. The van der Waals surface area contributed by atoms with Crippen LogP contribution in [0.5, 0.6) is 0 Å². The summed E-state index contributed by atoms with van der Waals surface area (Å²) in [6.07, 6.45) is 2.35. The number of aromatic nitrogens is 1. The lowest BCUT2D eigenvalue weighted by atomic mass is 10.0. The van der Waals surface area contributed by atoms with Gasteiger partial charge in [0, 0.05) is 17.1 Å². The second-order valence-corrected chi connectivity index (χ2v) is 6.23. The van der Waals surface area contributed by atoms with Crippen molar-refractivity contribution >= 4 is 17.5 Å². The van der Waals surface area contributed by atoms with Gasteiger partial charge in [-0.25, -0.2) is 0 Å². The highest BCUT2D eigenvalue weighted by Crippen LogP contribution is 2.35. The number of likely N-dealkylation sites (tertiary alicyclic amines) is 1. The van der Waals surface area contributed by atoms with Gasteiger partial charge < -0.3 is 9.42 Å². The van der Waals surface area contributed by atoms with Gasteiger partial charge >= 0.3 is 0 Å². The number of hydrogen-bond donors (Lipinski definition) is 0. The maximum Gasteiger partial charge on any atom is 0.227 e. The Morgan fingerprint density at radius 3 is 2.95 bits per heavy atom. The fraction of sp³-hybridized carbons (Fsp3) is 0.412. The van der Waals surface area contributed by atoms with Gasteiger partial charge in [0.25, 0.3) is 0 Å². The van der Waals surface area contributed by atoms with Crippen LogP contribution < -0.4 is 0 Å². The number of aryl methyl sites for hydroxylation is 2. The zero-order valence-electron chi connectivity index (χ0n) is 12.8. The third-order valence-electron chi connectivity index (χ3n) is 4.24. The molecule has 3 rings (SSSR count). The molecule has 0 N–H and O–H groups in total. The van der Waals surface area contributed by atoms with E-state index in [1.165, 1.54) is 0 Å². The summed E-state index contributed by atoms with van der Waals surface area (Å²) in [6.45, 7) is 4.63. The molecule has 0 unspecified atom stereocenters. The van der Waals surface area contributed by atoms with Crippen LogP contribution in [-0.4, -0.2) is 22.5 Å². The molecule has 0 spiro atoms. The standard InChI is InChI=1S/C17H19ClN2O2/c1-11-17(12(2)22-19-11)15-7-4-8-20(15)16(21)10-13-5-3-6-14(18)9-13/h3,5-6,9,15H,4,7-8,10H2,1-2H3/t15-/m1/s1. The number of benzene rings is 1. The highest BCUT2D eigenvalue weighted by molar-refractivity contribution is 6.30. The molecule has 2 heterocycles. The Morgan fingerprint density at radius 2 is 2.27 bits per heavy atom. The van der Waals surface area contributed by atoms with E-state index in [1.54, 1.807) is 0 Å². The molecule has 1 aliphatic heterocycles. The maximum absolute atomic E-state index is 12.7. The fourth-order valence-corrected chi connectivity index (χ4v) is 3.47. The van der Waals surface area contributed by atoms with Crippen molar-refractivity contribution in [3.05, 3.63) is 51.9 Å². The van der Waals surface area contributed by atoms with Gasteiger partial charge in [-0.05, 0) is 44.4 Å². The first-order valence-corrected chi connectivity index (χ1v) is 7.90. The molecule has 0 bridgehead atoms. The monoisotopic (exact) mass is 318 g/mol. The summed E-state index contributed by atoms with van der Waals surface area (Å²) in [5, 5.41) is 4.68. The Bertz CT molecular complexity index is 676. The largest absolute Gasteiger partial charge is 0.361 e. The van der Waals surface area contributed by atoms with Crippen LogP contribution in [0.3, 0.4) is 0 Å². The molecule has 0 saturated carbocycles. The highest BCUT2D eigenvalue weighted by Gasteiger charge is 2.33. The number of rotatable bonds is 3. The molecule has 0 radical (unpaired) electrons. The fourth-order valence-electron chi connectivity index (χ4n) is 3.25. The molecule has 4 nitrogen and oxygen atoms in total. The van der Waals surface area contributed by atoms with E-state index < -0.39 is 0 Å². The van der Waals surface area contributed by atoms with Crippen molar-refractivity contribution in [2.24, 2.45) is 0 Å². The molecule has 1 saturated heterocycles.